The van der Waals surface area contributed by atoms with Crippen molar-refractivity contribution in [3.05, 3.63) is 24.4 Å². The molecule has 0 bridgehead atoms. The number of hydrogen-bond acceptors (Lipinski definition) is 3. The molecule has 0 radical (unpaired) electrons. The van der Waals surface area contributed by atoms with E-state index in [0.29, 0.717) is 32.0 Å². The molecule has 18 heavy (non-hydrogen) atoms. The Morgan fingerprint density at radius 1 is 1.17 bits per heavy atom. The summed E-state index contributed by atoms with van der Waals surface area (Å²) in [7, 11) is 0. The summed E-state index contributed by atoms with van der Waals surface area (Å²) in [5.74, 6) is 0.594. The van der Waals surface area contributed by atoms with E-state index < -0.39 is 0 Å². The molecule has 0 spiro atoms. The Hall–Kier alpha value is -2.11. The zero-order valence-electron chi connectivity index (χ0n) is 10.3. The summed E-state index contributed by atoms with van der Waals surface area (Å²) in [4.78, 5) is 30.5. The van der Waals surface area contributed by atoms with Gasteiger partial charge in [-0.2, -0.15) is 0 Å². The first-order chi connectivity index (χ1) is 8.66. The number of anilines is 1. The molecule has 0 unspecified atom stereocenters. The number of aromatic nitrogens is 1. The van der Waals surface area contributed by atoms with Crippen LogP contribution in [0, 0.1) is 0 Å². The number of piperazine rings is 1. The van der Waals surface area contributed by atoms with Crippen molar-refractivity contribution < 1.29 is 9.59 Å². The van der Waals surface area contributed by atoms with E-state index in [0.717, 1.165) is 0 Å². The maximum atomic E-state index is 11.9. The van der Waals surface area contributed by atoms with E-state index in [1.165, 1.54) is 0 Å². The fourth-order valence-corrected chi connectivity index (χ4v) is 1.85. The minimum absolute atomic E-state index is 0.0554. The van der Waals surface area contributed by atoms with Crippen molar-refractivity contribution in [2.24, 2.45) is 0 Å². The van der Waals surface area contributed by atoms with Crippen molar-refractivity contribution in [3.63, 3.8) is 0 Å². The number of nitrogens with one attached hydrogen (secondary N) is 1. The van der Waals surface area contributed by atoms with Crippen molar-refractivity contribution in [2.45, 2.75) is 6.92 Å². The van der Waals surface area contributed by atoms with Crippen LogP contribution in [0.2, 0.25) is 0 Å². The Labute approximate surface area is 106 Å². The van der Waals surface area contributed by atoms with Gasteiger partial charge in [-0.15, -0.1) is 0 Å². The van der Waals surface area contributed by atoms with Crippen LogP contribution in [0.3, 0.4) is 0 Å². The number of amides is 3. The Balaban J connectivity index is 1.86. The lowest BCUT2D eigenvalue weighted by atomic mass is 10.3. The largest absolute Gasteiger partial charge is 0.339 e. The highest BCUT2D eigenvalue weighted by Gasteiger charge is 2.22. The van der Waals surface area contributed by atoms with E-state index in [1.807, 2.05) is 6.07 Å². The molecule has 3 amide bonds. The molecule has 1 aliphatic heterocycles. The van der Waals surface area contributed by atoms with Gasteiger partial charge in [-0.3, -0.25) is 10.1 Å². The maximum absolute atomic E-state index is 11.9. The van der Waals surface area contributed by atoms with Gasteiger partial charge in [0, 0.05) is 39.3 Å². The number of rotatable bonds is 1. The van der Waals surface area contributed by atoms with E-state index in [2.05, 4.69) is 10.3 Å². The third kappa shape index (κ3) is 2.97. The molecular weight excluding hydrogens is 232 g/mol. The zero-order valence-corrected chi connectivity index (χ0v) is 10.3. The van der Waals surface area contributed by atoms with Crippen LogP contribution in [0.25, 0.3) is 0 Å². The number of pyridine rings is 1. The van der Waals surface area contributed by atoms with Crippen LogP contribution in [0.15, 0.2) is 24.4 Å². The van der Waals surface area contributed by atoms with Gasteiger partial charge < -0.3 is 9.80 Å². The van der Waals surface area contributed by atoms with Crippen molar-refractivity contribution in [3.8, 4) is 0 Å². The van der Waals surface area contributed by atoms with Gasteiger partial charge in [0.15, 0.2) is 0 Å². The Kier molecular flexibility index (Phi) is 3.76. The predicted octanol–water partition coefficient (Wildman–Crippen LogP) is 0.778. The van der Waals surface area contributed by atoms with Crippen LogP contribution in [-0.2, 0) is 4.79 Å². The van der Waals surface area contributed by atoms with E-state index in [1.54, 1.807) is 35.1 Å². The molecule has 96 valence electrons. The monoisotopic (exact) mass is 248 g/mol. The lowest BCUT2D eigenvalue weighted by Crippen LogP contribution is -2.51. The highest BCUT2D eigenvalue weighted by molar-refractivity contribution is 5.88. The lowest BCUT2D eigenvalue weighted by Gasteiger charge is -2.34. The summed E-state index contributed by atoms with van der Waals surface area (Å²) in [6.45, 7) is 3.83. The van der Waals surface area contributed by atoms with Crippen LogP contribution in [0.1, 0.15) is 6.92 Å². The van der Waals surface area contributed by atoms with Crippen LogP contribution in [0.4, 0.5) is 10.6 Å². The fourth-order valence-electron chi connectivity index (χ4n) is 1.85. The highest BCUT2D eigenvalue weighted by Crippen LogP contribution is 2.06. The average Bonchev–Trinajstić information content (AvgIpc) is 2.40. The van der Waals surface area contributed by atoms with Crippen LogP contribution >= 0.6 is 0 Å². The molecule has 0 saturated carbocycles. The molecule has 2 rings (SSSR count). The SMILES string of the molecule is CC(=O)N1CCN(C(=O)Nc2ccccn2)CC1. The van der Waals surface area contributed by atoms with Gasteiger partial charge in [0.2, 0.25) is 5.91 Å². The molecule has 0 aromatic carbocycles. The van der Waals surface area contributed by atoms with Crippen molar-refractivity contribution in [2.75, 3.05) is 31.5 Å². The number of carbonyl (C=O) groups is 2. The number of carbonyl (C=O) groups excluding carboxylic acids is 2. The van der Waals surface area contributed by atoms with Crippen LogP contribution < -0.4 is 5.32 Å². The second kappa shape index (κ2) is 5.48. The zero-order chi connectivity index (χ0) is 13.0. The van der Waals surface area contributed by atoms with E-state index in [9.17, 15) is 9.59 Å². The van der Waals surface area contributed by atoms with E-state index in [-0.39, 0.29) is 11.9 Å². The molecular formula is C12H16N4O2. The molecule has 1 aromatic heterocycles. The molecule has 1 fully saturated rings. The minimum Gasteiger partial charge on any atom is -0.339 e. The molecule has 2 heterocycles. The smallest absolute Gasteiger partial charge is 0.323 e. The van der Waals surface area contributed by atoms with Crippen molar-refractivity contribution in [1.29, 1.82) is 0 Å². The average molecular weight is 248 g/mol. The third-order valence-corrected chi connectivity index (χ3v) is 2.91. The lowest BCUT2D eigenvalue weighted by molar-refractivity contribution is -0.130. The molecule has 6 nitrogen and oxygen atoms in total. The first-order valence-corrected chi connectivity index (χ1v) is 5.89. The molecule has 6 heteroatoms. The number of urea groups is 1. The van der Waals surface area contributed by atoms with Gasteiger partial charge in [-0.1, -0.05) is 6.07 Å². The molecule has 0 aliphatic carbocycles. The van der Waals surface area contributed by atoms with Gasteiger partial charge in [-0.25, -0.2) is 9.78 Å². The molecule has 1 aliphatic rings. The molecule has 0 atom stereocenters. The van der Waals surface area contributed by atoms with Gasteiger partial charge in [0.25, 0.3) is 0 Å². The quantitative estimate of drug-likeness (QED) is 0.798. The van der Waals surface area contributed by atoms with Crippen LogP contribution in [0.5, 0.6) is 0 Å². The standard InChI is InChI=1S/C12H16N4O2/c1-10(17)15-6-8-16(9-7-15)12(18)14-11-4-2-3-5-13-11/h2-5H,6-9H2,1H3,(H,13,14,18). The summed E-state index contributed by atoms with van der Waals surface area (Å²) in [6.07, 6.45) is 1.63. The first kappa shape index (κ1) is 12.3. The molecule has 1 aromatic rings. The summed E-state index contributed by atoms with van der Waals surface area (Å²) < 4.78 is 0. The third-order valence-electron chi connectivity index (χ3n) is 2.91. The summed E-state index contributed by atoms with van der Waals surface area (Å²) in [5.41, 5.74) is 0. The predicted molar refractivity (Wildman–Crippen MR) is 67.1 cm³/mol. The number of nitrogens with zero attached hydrogens (tertiary/aromatic N) is 3. The first-order valence-electron chi connectivity index (χ1n) is 5.89. The fraction of sp³-hybridized carbons (Fsp3) is 0.417. The molecule has 1 N–H and O–H groups in total. The van der Waals surface area contributed by atoms with Crippen molar-refractivity contribution in [1.82, 2.24) is 14.8 Å². The summed E-state index contributed by atoms with van der Waals surface area (Å²) in [5, 5.41) is 2.73. The topological polar surface area (TPSA) is 65.5 Å². The minimum atomic E-state index is -0.170. The van der Waals surface area contributed by atoms with Gasteiger partial charge in [-0.05, 0) is 12.1 Å². The number of hydrogen-bond donors (Lipinski definition) is 1. The second-order valence-corrected chi connectivity index (χ2v) is 4.14. The van der Waals surface area contributed by atoms with E-state index in [4.69, 9.17) is 0 Å². The second-order valence-electron chi connectivity index (χ2n) is 4.14. The maximum Gasteiger partial charge on any atom is 0.323 e. The van der Waals surface area contributed by atoms with Gasteiger partial charge >= 0.3 is 6.03 Å². The normalized spacial score (nSPS) is 15.4. The van der Waals surface area contributed by atoms with Crippen LogP contribution in [-0.4, -0.2) is 52.9 Å². The summed E-state index contributed by atoms with van der Waals surface area (Å²) in [6, 6.07) is 5.18. The Bertz CT molecular complexity index is 427. The van der Waals surface area contributed by atoms with E-state index >= 15 is 0 Å². The summed E-state index contributed by atoms with van der Waals surface area (Å²) >= 11 is 0. The van der Waals surface area contributed by atoms with Crippen molar-refractivity contribution >= 4 is 17.8 Å². The van der Waals surface area contributed by atoms with Gasteiger partial charge in [0.05, 0.1) is 0 Å². The van der Waals surface area contributed by atoms with Gasteiger partial charge in [0.1, 0.15) is 5.82 Å². The Morgan fingerprint density at radius 2 is 1.83 bits per heavy atom. The molecule has 1 saturated heterocycles. The highest BCUT2D eigenvalue weighted by atomic mass is 16.2. The Morgan fingerprint density at radius 3 is 2.39 bits per heavy atom.